The summed E-state index contributed by atoms with van der Waals surface area (Å²) >= 11 is 1.46. The molecule has 0 aromatic carbocycles. The molecular formula is C22H33N5O2S. The Balaban J connectivity index is 1.43. The second-order valence-corrected chi connectivity index (χ2v) is 9.78. The largest absolute Gasteiger partial charge is 0.467 e. The minimum atomic E-state index is 0.0830. The number of anilines is 1. The van der Waals surface area contributed by atoms with Crippen LogP contribution in [0.15, 0.2) is 28.0 Å². The molecule has 1 aliphatic heterocycles. The molecule has 0 spiro atoms. The molecule has 1 amide bonds. The zero-order valence-electron chi connectivity index (χ0n) is 18.0. The van der Waals surface area contributed by atoms with E-state index in [0.717, 1.165) is 55.1 Å². The van der Waals surface area contributed by atoms with Gasteiger partial charge in [0.15, 0.2) is 5.16 Å². The van der Waals surface area contributed by atoms with Crippen LogP contribution in [0.3, 0.4) is 0 Å². The second-order valence-electron chi connectivity index (χ2n) is 8.84. The molecule has 2 aliphatic rings. The number of nitrogens with one attached hydrogen (secondary N) is 1. The van der Waals surface area contributed by atoms with Crippen molar-refractivity contribution in [2.24, 2.45) is 11.8 Å². The molecule has 2 atom stereocenters. The van der Waals surface area contributed by atoms with Crippen LogP contribution in [0.1, 0.15) is 58.1 Å². The van der Waals surface area contributed by atoms with E-state index in [1.54, 1.807) is 6.26 Å². The van der Waals surface area contributed by atoms with E-state index >= 15 is 0 Å². The van der Waals surface area contributed by atoms with Crippen molar-refractivity contribution in [3.8, 4) is 0 Å². The van der Waals surface area contributed by atoms with Crippen molar-refractivity contribution in [2.75, 3.05) is 23.7 Å². The molecule has 30 heavy (non-hydrogen) atoms. The Kier molecular flexibility index (Phi) is 7.02. The first-order chi connectivity index (χ1) is 14.6. The van der Waals surface area contributed by atoms with Crippen LogP contribution >= 0.6 is 11.8 Å². The standard InChI is InChI=1S/C22H33N5O2S/c1-16-9-11-26(12-10-16)21-24-25-22(27(21)14-18-7-5-13-29-18)30-15-20(28)23-19-8-4-3-6-17(19)2/h5,7,13,16-17,19H,3-4,6,8-12,14-15H2,1-2H3,(H,23,28)/t17-,19+/m1/s1. The van der Waals surface area contributed by atoms with Crippen LogP contribution in [0.25, 0.3) is 0 Å². The molecule has 2 aromatic heterocycles. The predicted octanol–water partition coefficient (Wildman–Crippen LogP) is 3.94. The fourth-order valence-electron chi connectivity index (χ4n) is 4.44. The third-order valence-electron chi connectivity index (χ3n) is 6.45. The van der Waals surface area contributed by atoms with Gasteiger partial charge in [-0.05, 0) is 49.7 Å². The molecule has 164 valence electrons. The van der Waals surface area contributed by atoms with Gasteiger partial charge in [0.1, 0.15) is 5.76 Å². The van der Waals surface area contributed by atoms with E-state index in [9.17, 15) is 4.79 Å². The number of aromatic nitrogens is 3. The lowest BCUT2D eigenvalue weighted by Gasteiger charge is -2.31. The molecule has 0 radical (unpaired) electrons. The Labute approximate surface area is 183 Å². The number of rotatable bonds is 7. The lowest BCUT2D eigenvalue weighted by atomic mass is 9.86. The van der Waals surface area contributed by atoms with E-state index in [-0.39, 0.29) is 5.91 Å². The van der Waals surface area contributed by atoms with Gasteiger partial charge in [0.25, 0.3) is 0 Å². The molecule has 0 bridgehead atoms. The monoisotopic (exact) mass is 431 g/mol. The predicted molar refractivity (Wildman–Crippen MR) is 119 cm³/mol. The Morgan fingerprint density at radius 2 is 2.00 bits per heavy atom. The third kappa shape index (κ3) is 5.20. The number of hydrogen-bond acceptors (Lipinski definition) is 6. The number of amides is 1. The minimum Gasteiger partial charge on any atom is -0.467 e. The lowest BCUT2D eigenvalue weighted by Crippen LogP contribution is -2.41. The normalized spacial score (nSPS) is 22.9. The summed E-state index contributed by atoms with van der Waals surface area (Å²) in [4.78, 5) is 14.9. The fourth-order valence-corrected chi connectivity index (χ4v) is 5.18. The van der Waals surface area contributed by atoms with Gasteiger partial charge in [-0.1, -0.05) is 38.5 Å². The van der Waals surface area contributed by atoms with Gasteiger partial charge in [-0.25, -0.2) is 0 Å². The smallest absolute Gasteiger partial charge is 0.230 e. The van der Waals surface area contributed by atoms with Gasteiger partial charge >= 0.3 is 0 Å². The van der Waals surface area contributed by atoms with Crippen molar-refractivity contribution < 1.29 is 9.21 Å². The van der Waals surface area contributed by atoms with Crippen molar-refractivity contribution in [1.29, 1.82) is 0 Å². The van der Waals surface area contributed by atoms with Crippen LogP contribution in [-0.4, -0.2) is 45.6 Å². The van der Waals surface area contributed by atoms with Crippen molar-refractivity contribution in [2.45, 2.75) is 70.1 Å². The quantitative estimate of drug-likeness (QED) is 0.669. The van der Waals surface area contributed by atoms with Crippen LogP contribution in [0, 0.1) is 11.8 Å². The molecule has 1 aliphatic carbocycles. The van der Waals surface area contributed by atoms with Gasteiger partial charge in [0, 0.05) is 19.1 Å². The Bertz CT molecular complexity index is 814. The molecule has 1 saturated heterocycles. The topological polar surface area (TPSA) is 76.2 Å². The second kappa shape index (κ2) is 9.90. The first kappa shape index (κ1) is 21.3. The Hall–Kier alpha value is -1.96. The molecule has 1 N–H and O–H groups in total. The highest BCUT2D eigenvalue weighted by Gasteiger charge is 2.25. The molecular weight excluding hydrogens is 398 g/mol. The molecule has 2 fully saturated rings. The fraction of sp³-hybridized carbons (Fsp3) is 0.682. The maximum Gasteiger partial charge on any atom is 0.230 e. The first-order valence-corrected chi connectivity index (χ1v) is 12.2. The van der Waals surface area contributed by atoms with Crippen LogP contribution < -0.4 is 10.2 Å². The van der Waals surface area contributed by atoms with Crippen LogP contribution in [0.2, 0.25) is 0 Å². The van der Waals surface area contributed by atoms with Crippen molar-refractivity contribution in [3.05, 3.63) is 24.2 Å². The summed E-state index contributed by atoms with van der Waals surface area (Å²) in [5.74, 6) is 3.49. The van der Waals surface area contributed by atoms with E-state index in [1.165, 1.54) is 31.0 Å². The third-order valence-corrected chi connectivity index (χ3v) is 7.41. The summed E-state index contributed by atoms with van der Waals surface area (Å²) in [7, 11) is 0. The van der Waals surface area contributed by atoms with E-state index in [4.69, 9.17) is 4.42 Å². The number of carbonyl (C=O) groups excluding carboxylic acids is 1. The number of piperidine rings is 1. The highest BCUT2D eigenvalue weighted by Crippen LogP contribution is 2.28. The number of hydrogen-bond donors (Lipinski definition) is 1. The molecule has 7 nitrogen and oxygen atoms in total. The molecule has 1 saturated carbocycles. The number of nitrogens with zero attached hydrogens (tertiary/aromatic N) is 4. The van der Waals surface area contributed by atoms with Gasteiger partial charge in [0.2, 0.25) is 11.9 Å². The highest BCUT2D eigenvalue weighted by molar-refractivity contribution is 7.99. The minimum absolute atomic E-state index is 0.0830. The molecule has 2 aromatic rings. The Morgan fingerprint density at radius 3 is 2.73 bits per heavy atom. The van der Waals surface area contributed by atoms with Crippen molar-refractivity contribution in [1.82, 2.24) is 20.1 Å². The summed E-state index contributed by atoms with van der Waals surface area (Å²) < 4.78 is 7.67. The maximum atomic E-state index is 12.6. The average Bonchev–Trinajstić information content (AvgIpc) is 3.39. The van der Waals surface area contributed by atoms with Gasteiger partial charge in [-0.2, -0.15) is 0 Å². The summed E-state index contributed by atoms with van der Waals surface area (Å²) in [6.07, 6.45) is 8.79. The number of thioether (sulfide) groups is 1. The summed E-state index contributed by atoms with van der Waals surface area (Å²) in [6.45, 7) is 7.09. The van der Waals surface area contributed by atoms with Crippen molar-refractivity contribution >= 4 is 23.6 Å². The Morgan fingerprint density at radius 1 is 1.20 bits per heavy atom. The van der Waals surface area contributed by atoms with Gasteiger partial charge in [-0.3, -0.25) is 9.36 Å². The first-order valence-electron chi connectivity index (χ1n) is 11.2. The zero-order valence-corrected chi connectivity index (χ0v) is 18.9. The average molecular weight is 432 g/mol. The molecule has 0 unspecified atom stereocenters. The lowest BCUT2D eigenvalue weighted by molar-refractivity contribution is -0.119. The molecule has 8 heteroatoms. The number of carbonyl (C=O) groups is 1. The SMILES string of the molecule is CC1CCN(c2nnc(SCC(=O)N[C@H]3CCCC[C@H]3C)n2Cc2ccco2)CC1. The van der Waals surface area contributed by atoms with Crippen LogP contribution in [0.4, 0.5) is 5.95 Å². The highest BCUT2D eigenvalue weighted by atomic mass is 32.2. The van der Waals surface area contributed by atoms with Crippen molar-refractivity contribution in [3.63, 3.8) is 0 Å². The number of furan rings is 1. The van der Waals surface area contributed by atoms with Gasteiger partial charge in [-0.15, -0.1) is 10.2 Å². The van der Waals surface area contributed by atoms with Crippen LogP contribution in [0.5, 0.6) is 0 Å². The maximum absolute atomic E-state index is 12.6. The van der Waals surface area contributed by atoms with Crippen LogP contribution in [-0.2, 0) is 11.3 Å². The van der Waals surface area contributed by atoms with E-state index in [2.05, 4.69) is 38.8 Å². The van der Waals surface area contributed by atoms with Gasteiger partial charge < -0.3 is 14.6 Å². The summed E-state index contributed by atoms with van der Waals surface area (Å²) in [5.41, 5.74) is 0. The summed E-state index contributed by atoms with van der Waals surface area (Å²) in [5, 5.41) is 12.9. The van der Waals surface area contributed by atoms with E-state index < -0.39 is 0 Å². The summed E-state index contributed by atoms with van der Waals surface area (Å²) in [6, 6.07) is 4.17. The van der Waals surface area contributed by atoms with E-state index in [1.807, 2.05) is 12.1 Å². The van der Waals surface area contributed by atoms with Gasteiger partial charge in [0.05, 0.1) is 18.6 Å². The van der Waals surface area contributed by atoms with E-state index in [0.29, 0.717) is 24.3 Å². The molecule has 4 rings (SSSR count). The zero-order chi connectivity index (χ0) is 20.9. The molecule has 3 heterocycles.